The number of anilines is 1. The van der Waals surface area contributed by atoms with Gasteiger partial charge >= 0.3 is 5.97 Å². The lowest BCUT2D eigenvalue weighted by Crippen LogP contribution is -2.23. The topological polar surface area (TPSA) is 49.8 Å². The van der Waals surface area contributed by atoms with Crippen LogP contribution in [0.5, 0.6) is 0 Å². The van der Waals surface area contributed by atoms with Gasteiger partial charge in [-0.05, 0) is 49.4 Å². The second kappa shape index (κ2) is 6.06. The quantitative estimate of drug-likeness (QED) is 0.768. The van der Waals surface area contributed by atoms with Gasteiger partial charge in [0.05, 0.1) is 12.2 Å². The van der Waals surface area contributed by atoms with Crippen LogP contribution >= 0.6 is 0 Å². The summed E-state index contributed by atoms with van der Waals surface area (Å²) in [6.45, 7) is 4.35. The Balaban J connectivity index is 1.86. The molecule has 19 heavy (non-hydrogen) atoms. The Kier molecular flexibility index (Phi) is 4.43. The standard InChI is InChI=1S/C15H21NO3/c1-11-9-13(15(17)18)5-6-14(11)16(2)7-8-19-10-12-3-4-12/h5-6,9,12H,3-4,7-8,10H2,1-2H3,(H,17,18). The number of aryl methyl sites for hydroxylation is 1. The van der Waals surface area contributed by atoms with Crippen molar-refractivity contribution in [3.8, 4) is 0 Å². The van der Waals surface area contributed by atoms with Crippen LogP contribution in [0.2, 0.25) is 0 Å². The highest BCUT2D eigenvalue weighted by atomic mass is 16.5. The van der Waals surface area contributed by atoms with Gasteiger partial charge in [-0.1, -0.05) is 0 Å². The molecule has 1 aromatic rings. The summed E-state index contributed by atoms with van der Waals surface area (Å²) < 4.78 is 5.62. The maximum atomic E-state index is 10.9. The zero-order valence-electron chi connectivity index (χ0n) is 11.6. The molecule has 4 nitrogen and oxygen atoms in total. The summed E-state index contributed by atoms with van der Waals surface area (Å²) in [4.78, 5) is 13.0. The average molecular weight is 263 g/mol. The van der Waals surface area contributed by atoms with Crippen LogP contribution in [0.15, 0.2) is 18.2 Å². The fraction of sp³-hybridized carbons (Fsp3) is 0.533. The van der Waals surface area contributed by atoms with Crippen molar-refractivity contribution >= 4 is 11.7 Å². The molecule has 0 aliphatic heterocycles. The van der Waals surface area contributed by atoms with Crippen LogP contribution in [0, 0.1) is 12.8 Å². The maximum Gasteiger partial charge on any atom is 0.335 e. The lowest BCUT2D eigenvalue weighted by atomic mass is 10.1. The minimum atomic E-state index is -0.884. The summed E-state index contributed by atoms with van der Waals surface area (Å²) in [5.41, 5.74) is 2.37. The molecule has 0 spiro atoms. The fourth-order valence-electron chi connectivity index (χ4n) is 2.07. The van der Waals surface area contributed by atoms with Crippen molar-refractivity contribution in [2.75, 3.05) is 31.7 Å². The maximum absolute atomic E-state index is 10.9. The number of hydrogen-bond donors (Lipinski definition) is 1. The Morgan fingerprint density at radius 3 is 2.79 bits per heavy atom. The minimum Gasteiger partial charge on any atom is -0.478 e. The Morgan fingerprint density at radius 1 is 1.47 bits per heavy atom. The van der Waals surface area contributed by atoms with Gasteiger partial charge < -0.3 is 14.7 Å². The van der Waals surface area contributed by atoms with Crippen molar-refractivity contribution in [1.29, 1.82) is 0 Å². The predicted molar refractivity (Wildman–Crippen MR) is 75.0 cm³/mol. The first-order chi connectivity index (χ1) is 9.08. The lowest BCUT2D eigenvalue weighted by molar-refractivity contribution is 0.0697. The zero-order valence-corrected chi connectivity index (χ0v) is 11.6. The van der Waals surface area contributed by atoms with Crippen LogP contribution in [-0.4, -0.2) is 37.9 Å². The Bertz CT molecular complexity index is 455. The molecule has 0 saturated heterocycles. The molecular formula is C15H21NO3. The number of carbonyl (C=O) groups is 1. The molecule has 1 aliphatic carbocycles. The molecule has 1 fully saturated rings. The second-order valence-corrected chi connectivity index (χ2v) is 5.25. The van der Waals surface area contributed by atoms with Gasteiger partial charge in [0.15, 0.2) is 0 Å². The van der Waals surface area contributed by atoms with E-state index in [1.165, 1.54) is 12.8 Å². The summed E-state index contributed by atoms with van der Waals surface area (Å²) in [6.07, 6.45) is 2.62. The molecule has 0 bridgehead atoms. The van der Waals surface area contributed by atoms with E-state index in [9.17, 15) is 4.79 Å². The van der Waals surface area contributed by atoms with E-state index < -0.39 is 5.97 Å². The first-order valence-electron chi connectivity index (χ1n) is 6.70. The van der Waals surface area contributed by atoms with Crippen molar-refractivity contribution in [2.24, 2.45) is 5.92 Å². The molecular weight excluding hydrogens is 242 g/mol. The van der Waals surface area contributed by atoms with E-state index >= 15 is 0 Å². The monoisotopic (exact) mass is 263 g/mol. The molecule has 2 rings (SSSR count). The third kappa shape index (κ3) is 3.96. The third-order valence-electron chi connectivity index (χ3n) is 3.48. The average Bonchev–Trinajstić information content (AvgIpc) is 3.18. The smallest absolute Gasteiger partial charge is 0.335 e. The number of benzene rings is 1. The summed E-state index contributed by atoms with van der Waals surface area (Å²) in [7, 11) is 2.00. The Morgan fingerprint density at radius 2 is 2.21 bits per heavy atom. The van der Waals surface area contributed by atoms with E-state index in [0.29, 0.717) is 12.2 Å². The van der Waals surface area contributed by atoms with E-state index in [-0.39, 0.29) is 0 Å². The van der Waals surface area contributed by atoms with Crippen LogP contribution in [0.4, 0.5) is 5.69 Å². The van der Waals surface area contributed by atoms with E-state index in [0.717, 1.165) is 30.3 Å². The second-order valence-electron chi connectivity index (χ2n) is 5.25. The van der Waals surface area contributed by atoms with Crippen molar-refractivity contribution in [3.05, 3.63) is 29.3 Å². The van der Waals surface area contributed by atoms with Crippen molar-refractivity contribution in [3.63, 3.8) is 0 Å². The number of aromatic carboxylic acids is 1. The van der Waals surface area contributed by atoms with Crippen LogP contribution in [-0.2, 0) is 4.74 Å². The summed E-state index contributed by atoms with van der Waals surface area (Å²) in [5, 5.41) is 8.94. The normalized spacial score (nSPS) is 14.4. The molecule has 0 aromatic heterocycles. The molecule has 0 radical (unpaired) electrons. The number of rotatable bonds is 7. The number of likely N-dealkylation sites (N-methyl/N-ethyl adjacent to an activating group) is 1. The summed E-state index contributed by atoms with van der Waals surface area (Å²) in [6, 6.07) is 5.21. The SMILES string of the molecule is Cc1cc(C(=O)O)ccc1N(C)CCOCC1CC1. The number of nitrogens with zero attached hydrogens (tertiary/aromatic N) is 1. The van der Waals surface area contributed by atoms with Gasteiger partial charge in [-0.3, -0.25) is 0 Å². The molecule has 104 valence electrons. The molecule has 0 heterocycles. The molecule has 1 saturated carbocycles. The number of ether oxygens (including phenoxy) is 1. The first kappa shape index (κ1) is 13.9. The van der Waals surface area contributed by atoms with Crippen LogP contribution in [0.3, 0.4) is 0 Å². The zero-order chi connectivity index (χ0) is 13.8. The Hall–Kier alpha value is -1.55. The van der Waals surface area contributed by atoms with E-state index in [2.05, 4.69) is 4.90 Å². The predicted octanol–water partition coefficient (Wildman–Crippen LogP) is 2.56. The van der Waals surface area contributed by atoms with Crippen molar-refractivity contribution < 1.29 is 14.6 Å². The largest absolute Gasteiger partial charge is 0.478 e. The minimum absolute atomic E-state index is 0.333. The van der Waals surface area contributed by atoms with Gasteiger partial charge in [0, 0.05) is 25.9 Å². The molecule has 1 N–H and O–H groups in total. The third-order valence-corrected chi connectivity index (χ3v) is 3.48. The van der Waals surface area contributed by atoms with Gasteiger partial charge in [-0.25, -0.2) is 4.79 Å². The number of carboxylic acids is 1. The van der Waals surface area contributed by atoms with Gasteiger partial charge in [0.1, 0.15) is 0 Å². The van der Waals surface area contributed by atoms with Gasteiger partial charge in [-0.2, -0.15) is 0 Å². The van der Waals surface area contributed by atoms with Gasteiger partial charge in [0.2, 0.25) is 0 Å². The first-order valence-corrected chi connectivity index (χ1v) is 6.70. The Labute approximate surface area is 114 Å². The molecule has 0 atom stereocenters. The summed E-state index contributed by atoms with van der Waals surface area (Å²) in [5.74, 6) is -0.0908. The van der Waals surface area contributed by atoms with Crippen LogP contribution in [0.1, 0.15) is 28.8 Å². The number of hydrogen-bond acceptors (Lipinski definition) is 3. The van der Waals surface area contributed by atoms with E-state index in [1.807, 2.05) is 20.0 Å². The molecule has 1 aromatic carbocycles. The fourth-order valence-corrected chi connectivity index (χ4v) is 2.07. The van der Waals surface area contributed by atoms with Crippen LogP contribution < -0.4 is 4.90 Å². The van der Waals surface area contributed by atoms with E-state index in [1.54, 1.807) is 12.1 Å². The van der Waals surface area contributed by atoms with Gasteiger partial charge in [-0.15, -0.1) is 0 Å². The highest BCUT2D eigenvalue weighted by Crippen LogP contribution is 2.28. The highest BCUT2D eigenvalue weighted by molar-refractivity contribution is 5.88. The van der Waals surface area contributed by atoms with Gasteiger partial charge in [0.25, 0.3) is 0 Å². The molecule has 0 amide bonds. The van der Waals surface area contributed by atoms with Crippen LogP contribution in [0.25, 0.3) is 0 Å². The lowest BCUT2D eigenvalue weighted by Gasteiger charge is -2.21. The molecule has 4 heteroatoms. The highest BCUT2D eigenvalue weighted by Gasteiger charge is 2.21. The summed E-state index contributed by atoms with van der Waals surface area (Å²) >= 11 is 0. The van der Waals surface area contributed by atoms with Crippen molar-refractivity contribution in [2.45, 2.75) is 19.8 Å². The molecule has 0 unspecified atom stereocenters. The number of carboxylic acid groups (broad SMARTS) is 1. The van der Waals surface area contributed by atoms with Crippen molar-refractivity contribution in [1.82, 2.24) is 0 Å². The molecule has 1 aliphatic rings. The van der Waals surface area contributed by atoms with E-state index in [4.69, 9.17) is 9.84 Å².